The van der Waals surface area contributed by atoms with E-state index in [1.807, 2.05) is 32.0 Å². The SMILES string of the molecule is Cc1ccc(OCC(=O)Nc2cccnc2)c(C)c1. The standard InChI is InChI=1S/C15H16N2O2/c1-11-5-6-14(12(2)8-11)19-10-15(18)17-13-4-3-7-16-9-13/h3-9H,10H2,1-2H3,(H,17,18). The van der Waals surface area contributed by atoms with Crippen LogP contribution in [-0.2, 0) is 4.79 Å². The molecule has 0 radical (unpaired) electrons. The van der Waals surface area contributed by atoms with Gasteiger partial charge in [0.1, 0.15) is 5.75 Å². The summed E-state index contributed by atoms with van der Waals surface area (Å²) in [6.07, 6.45) is 3.25. The van der Waals surface area contributed by atoms with Crippen molar-refractivity contribution in [2.24, 2.45) is 0 Å². The zero-order valence-corrected chi connectivity index (χ0v) is 11.0. The molecule has 2 aromatic rings. The van der Waals surface area contributed by atoms with E-state index in [4.69, 9.17) is 4.74 Å². The molecule has 0 spiro atoms. The lowest BCUT2D eigenvalue weighted by atomic mass is 10.1. The highest BCUT2D eigenvalue weighted by Crippen LogP contribution is 2.18. The molecule has 1 amide bonds. The maximum Gasteiger partial charge on any atom is 0.262 e. The molecule has 98 valence electrons. The minimum absolute atomic E-state index is 0.0151. The molecule has 1 heterocycles. The van der Waals surface area contributed by atoms with Gasteiger partial charge >= 0.3 is 0 Å². The lowest BCUT2D eigenvalue weighted by Crippen LogP contribution is -2.20. The Labute approximate surface area is 112 Å². The molecule has 1 N–H and O–H groups in total. The summed E-state index contributed by atoms with van der Waals surface area (Å²) in [5.74, 6) is 0.528. The number of rotatable bonds is 4. The van der Waals surface area contributed by atoms with Crippen molar-refractivity contribution in [2.45, 2.75) is 13.8 Å². The van der Waals surface area contributed by atoms with Crippen LogP contribution in [0.3, 0.4) is 0 Å². The fourth-order valence-electron chi connectivity index (χ4n) is 1.74. The van der Waals surface area contributed by atoms with E-state index in [-0.39, 0.29) is 12.5 Å². The van der Waals surface area contributed by atoms with E-state index < -0.39 is 0 Å². The Kier molecular flexibility index (Phi) is 4.13. The summed E-state index contributed by atoms with van der Waals surface area (Å²) in [4.78, 5) is 15.6. The second-order valence-electron chi connectivity index (χ2n) is 4.35. The van der Waals surface area contributed by atoms with Crippen LogP contribution in [0.15, 0.2) is 42.7 Å². The van der Waals surface area contributed by atoms with Crippen LogP contribution in [-0.4, -0.2) is 17.5 Å². The van der Waals surface area contributed by atoms with Gasteiger partial charge in [-0.15, -0.1) is 0 Å². The van der Waals surface area contributed by atoms with Gasteiger partial charge in [-0.05, 0) is 37.6 Å². The number of amides is 1. The highest BCUT2D eigenvalue weighted by molar-refractivity contribution is 5.91. The smallest absolute Gasteiger partial charge is 0.262 e. The normalized spacial score (nSPS) is 10.0. The molecule has 4 nitrogen and oxygen atoms in total. The summed E-state index contributed by atoms with van der Waals surface area (Å²) in [7, 11) is 0. The number of benzene rings is 1. The van der Waals surface area contributed by atoms with Crippen molar-refractivity contribution in [3.8, 4) is 5.75 Å². The van der Waals surface area contributed by atoms with Crippen LogP contribution in [0.1, 0.15) is 11.1 Å². The third-order valence-corrected chi connectivity index (χ3v) is 2.63. The average molecular weight is 256 g/mol. The van der Waals surface area contributed by atoms with E-state index in [1.165, 1.54) is 5.56 Å². The number of pyridine rings is 1. The molecule has 0 bridgehead atoms. The third kappa shape index (κ3) is 3.81. The van der Waals surface area contributed by atoms with E-state index in [1.54, 1.807) is 24.5 Å². The highest BCUT2D eigenvalue weighted by Gasteiger charge is 2.05. The van der Waals surface area contributed by atoms with Gasteiger partial charge in [-0.3, -0.25) is 9.78 Å². The maximum atomic E-state index is 11.7. The van der Waals surface area contributed by atoms with E-state index in [9.17, 15) is 4.79 Å². The van der Waals surface area contributed by atoms with Crippen molar-refractivity contribution in [3.63, 3.8) is 0 Å². The summed E-state index contributed by atoms with van der Waals surface area (Å²) in [5, 5.41) is 2.72. The fraction of sp³-hybridized carbons (Fsp3) is 0.200. The lowest BCUT2D eigenvalue weighted by molar-refractivity contribution is -0.118. The maximum absolute atomic E-state index is 11.7. The minimum Gasteiger partial charge on any atom is -0.483 e. The Morgan fingerprint density at radius 1 is 1.32 bits per heavy atom. The van der Waals surface area contributed by atoms with E-state index >= 15 is 0 Å². The molecule has 4 heteroatoms. The van der Waals surface area contributed by atoms with Gasteiger partial charge in [-0.25, -0.2) is 0 Å². The number of ether oxygens (including phenoxy) is 1. The van der Waals surface area contributed by atoms with Crippen molar-refractivity contribution in [2.75, 3.05) is 11.9 Å². The molecule has 2 rings (SSSR count). The minimum atomic E-state index is -0.201. The number of hydrogen-bond donors (Lipinski definition) is 1. The Hall–Kier alpha value is -2.36. The van der Waals surface area contributed by atoms with Crippen molar-refractivity contribution < 1.29 is 9.53 Å². The van der Waals surface area contributed by atoms with Gasteiger partial charge in [0.25, 0.3) is 5.91 Å². The molecule has 19 heavy (non-hydrogen) atoms. The summed E-state index contributed by atoms with van der Waals surface area (Å²) >= 11 is 0. The second-order valence-corrected chi connectivity index (χ2v) is 4.35. The first kappa shape index (κ1) is 13.1. The molecule has 0 saturated carbocycles. The van der Waals surface area contributed by atoms with Crippen molar-refractivity contribution >= 4 is 11.6 Å². The van der Waals surface area contributed by atoms with Crippen LogP contribution in [0.5, 0.6) is 5.75 Å². The van der Waals surface area contributed by atoms with E-state index in [0.717, 1.165) is 11.3 Å². The Balaban J connectivity index is 1.90. The molecule has 0 aliphatic carbocycles. The van der Waals surface area contributed by atoms with Gasteiger partial charge in [0, 0.05) is 6.20 Å². The zero-order valence-electron chi connectivity index (χ0n) is 11.0. The van der Waals surface area contributed by atoms with Gasteiger partial charge in [0.2, 0.25) is 0 Å². The first-order valence-corrected chi connectivity index (χ1v) is 6.05. The van der Waals surface area contributed by atoms with E-state index in [2.05, 4.69) is 10.3 Å². The molecule has 1 aromatic carbocycles. The lowest BCUT2D eigenvalue weighted by Gasteiger charge is -2.09. The molecule has 0 unspecified atom stereocenters. The quantitative estimate of drug-likeness (QED) is 0.915. The molecule has 0 aliphatic rings. The largest absolute Gasteiger partial charge is 0.483 e. The Bertz CT molecular complexity index is 568. The van der Waals surface area contributed by atoms with Gasteiger partial charge < -0.3 is 10.1 Å². The topological polar surface area (TPSA) is 51.2 Å². The van der Waals surface area contributed by atoms with Crippen LogP contribution in [0.4, 0.5) is 5.69 Å². The van der Waals surface area contributed by atoms with Crippen LogP contribution >= 0.6 is 0 Å². The van der Waals surface area contributed by atoms with Crippen molar-refractivity contribution in [1.29, 1.82) is 0 Å². The molecule has 0 saturated heterocycles. The van der Waals surface area contributed by atoms with Crippen molar-refractivity contribution in [3.05, 3.63) is 53.9 Å². The first-order valence-electron chi connectivity index (χ1n) is 6.05. The van der Waals surface area contributed by atoms with Crippen LogP contribution < -0.4 is 10.1 Å². The Morgan fingerprint density at radius 2 is 2.16 bits per heavy atom. The van der Waals surface area contributed by atoms with E-state index in [0.29, 0.717) is 5.69 Å². The first-order chi connectivity index (χ1) is 9.15. The van der Waals surface area contributed by atoms with Crippen LogP contribution in [0.2, 0.25) is 0 Å². The highest BCUT2D eigenvalue weighted by atomic mass is 16.5. The van der Waals surface area contributed by atoms with Crippen LogP contribution in [0, 0.1) is 13.8 Å². The number of carbonyl (C=O) groups is 1. The van der Waals surface area contributed by atoms with Gasteiger partial charge in [0.05, 0.1) is 11.9 Å². The second kappa shape index (κ2) is 6.00. The number of nitrogens with one attached hydrogen (secondary N) is 1. The number of nitrogens with zero attached hydrogens (tertiary/aromatic N) is 1. The molecule has 0 fully saturated rings. The summed E-state index contributed by atoms with van der Waals surface area (Å²) in [6.45, 7) is 3.96. The summed E-state index contributed by atoms with van der Waals surface area (Å²) < 4.78 is 5.49. The molecular weight excluding hydrogens is 240 g/mol. The average Bonchev–Trinajstić information content (AvgIpc) is 2.39. The number of hydrogen-bond acceptors (Lipinski definition) is 3. The van der Waals surface area contributed by atoms with Crippen LogP contribution in [0.25, 0.3) is 0 Å². The molecule has 1 aromatic heterocycles. The molecular formula is C15H16N2O2. The third-order valence-electron chi connectivity index (χ3n) is 2.63. The monoisotopic (exact) mass is 256 g/mol. The van der Waals surface area contributed by atoms with Crippen molar-refractivity contribution in [1.82, 2.24) is 4.98 Å². The number of aryl methyl sites for hydroxylation is 2. The fourth-order valence-corrected chi connectivity index (χ4v) is 1.74. The number of carbonyl (C=O) groups excluding carboxylic acids is 1. The predicted octanol–water partition coefficient (Wildman–Crippen LogP) is 2.72. The predicted molar refractivity (Wildman–Crippen MR) is 74.3 cm³/mol. The zero-order chi connectivity index (χ0) is 13.7. The van der Waals surface area contributed by atoms with Gasteiger partial charge in [-0.2, -0.15) is 0 Å². The summed E-state index contributed by atoms with van der Waals surface area (Å²) in [5.41, 5.74) is 2.86. The van der Waals surface area contributed by atoms with Gasteiger partial charge in [0.15, 0.2) is 6.61 Å². The summed E-state index contributed by atoms with van der Waals surface area (Å²) in [6, 6.07) is 9.40. The Morgan fingerprint density at radius 3 is 2.84 bits per heavy atom. The molecule has 0 aliphatic heterocycles. The van der Waals surface area contributed by atoms with Gasteiger partial charge in [-0.1, -0.05) is 17.7 Å². The number of anilines is 1. The molecule has 0 atom stereocenters. The number of aromatic nitrogens is 1.